The zero-order chi connectivity index (χ0) is 14.0. The first-order valence-electron chi connectivity index (χ1n) is 6.03. The Labute approximate surface area is 116 Å². The lowest BCUT2D eigenvalue weighted by Crippen LogP contribution is -1.98. The van der Waals surface area contributed by atoms with Crippen molar-refractivity contribution in [1.29, 1.82) is 0 Å². The fraction of sp³-hybridized carbons (Fsp3) is 0.188. The second-order valence-electron chi connectivity index (χ2n) is 4.57. The minimum atomic E-state index is -0.335. The van der Waals surface area contributed by atoms with E-state index in [4.69, 9.17) is 0 Å². The molecule has 0 fully saturated rings. The van der Waals surface area contributed by atoms with Crippen LogP contribution in [-0.2, 0) is 0 Å². The van der Waals surface area contributed by atoms with Crippen LogP contribution in [0.2, 0.25) is 0 Å². The molecule has 3 heteroatoms. The van der Waals surface area contributed by atoms with Crippen LogP contribution >= 0.6 is 11.8 Å². The molecule has 0 aliphatic rings. The third-order valence-electron chi connectivity index (χ3n) is 2.89. The van der Waals surface area contributed by atoms with Crippen molar-refractivity contribution in [2.75, 3.05) is 0 Å². The molecule has 2 aromatic rings. The molecule has 2 rings (SSSR count). The largest absolute Gasteiger partial charge is 0.294 e. The van der Waals surface area contributed by atoms with Gasteiger partial charge in [-0.15, -0.1) is 0 Å². The molecule has 0 N–H and O–H groups in total. The van der Waals surface area contributed by atoms with Crippen LogP contribution in [0.5, 0.6) is 0 Å². The zero-order valence-electron chi connectivity index (χ0n) is 11.2. The number of aryl methyl sites for hydroxylation is 2. The van der Waals surface area contributed by atoms with E-state index in [0.29, 0.717) is 11.1 Å². The Kier molecular flexibility index (Phi) is 4.05. The van der Waals surface area contributed by atoms with Crippen LogP contribution in [0.4, 0.5) is 4.39 Å². The van der Waals surface area contributed by atoms with Gasteiger partial charge in [-0.05, 0) is 50.6 Å². The molecule has 0 radical (unpaired) electrons. The first-order valence-corrected chi connectivity index (χ1v) is 6.84. The maximum Gasteiger partial charge on any atom is 0.161 e. The normalized spacial score (nSPS) is 10.5. The Hall–Kier alpha value is -1.61. The smallest absolute Gasteiger partial charge is 0.161 e. The van der Waals surface area contributed by atoms with Gasteiger partial charge in [0.25, 0.3) is 0 Å². The summed E-state index contributed by atoms with van der Waals surface area (Å²) in [5.74, 6) is -0.452. The molecule has 1 nitrogen and oxygen atoms in total. The Balaban J connectivity index is 2.41. The summed E-state index contributed by atoms with van der Waals surface area (Å²) in [5.41, 5.74) is 2.18. The van der Waals surface area contributed by atoms with Gasteiger partial charge in [0.2, 0.25) is 0 Å². The van der Waals surface area contributed by atoms with Crippen molar-refractivity contribution in [2.24, 2.45) is 0 Å². The second kappa shape index (κ2) is 5.57. The lowest BCUT2D eigenvalue weighted by atomic mass is 10.1. The number of carbonyl (C=O) groups is 1. The molecule has 0 bridgehead atoms. The third kappa shape index (κ3) is 3.24. The molecule has 98 valence electrons. The average molecular weight is 274 g/mol. The molecule has 0 unspecified atom stereocenters. The van der Waals surface area contributed by atoms with Crippen LogP contribution in [0.25, 0.3) is 0 Å². The maximum atomic E-state index is 13.5. The maximum absolute atomic E-state index is 13.5. The van der Waals surface area contributed by atoms with Crippen molar-refractivity contribution in [1.82, 2.24) is 0 Å². The van der Waals surface area contributed by atoms with Crippen LogP contribution < -0.4 is 0 Å². The van der Waals surface area contributed by atoms with Crippen molar-refractivity contribution >= 4 is 17.5 Å². The van der Waals surface area contributed by atoms with Crippen molar-refractivity contribution in [2.45, 2.75) is 30.6 Å². The number of hydrogen-bond donors (Lipinski definition) is 0. The quantitative estimate of drug-likeness (QED) is 0.748. The van der Waals surface area contributed by atoms with Crippen LogP contribution in [0.1, 0.15) is 28.4 Å². The number of halogens is 1. The molecule has 0 aliphatic heterocycles. The van der Waals surface area contributed by atoms with E-state index < -0.39 is 0 Å². The molecule has 0 saturated heterocycles. The second-order valence-corrected chi connectivity index (χ2v) is 5.68. The molecular weight excluding hydrogens is 259 g/mol. The summed E-state index contributed by atoms with van der Waals surface area (Å²) in [5, 5.41) is 0. The Morgan fingerprint density at radius 2 is 1.74 bits per heavy atom. The minimum Gasteiger partial charge on any atom is -0.294 e. The highest BCUT2D eigenvalue weighted by atomic mass is 32.2. The molecular formula is C16H15FOS. The topological polar surface area (TPSA) is 17.1 Å². The van der Waals surface area contributed by atoms with E-state index in [2.05, 4.69) is 0 Å². The summed E-state index contributed by atoms with van der Waals surface area (Å²) in [6, 6.07) is 11.1. The van der Waals surface area contributed by atoms with Crippen LogP contribution in [0.15, 0.2) is 46.2 Å². The van der Waals surface area contributed by atoms with Gasteiger partial charge in [-0.25, -0.2) is 4.39 Å². The third-order valence-corrected chi connectivity index (χ3v) is 3.95. The van der Waals surface area contributed by atoms with E-state index in [-0.39, 0.29) is 11.6 Å². The van der Waals surface area contributed by atoms with E-state index >= 15 is 0 Å². The average Bonchev–Trinajstić information content (AvgIpc) is 2.36. The van der Waals surface area contributed by atoms with Crippen molar-refractivity contribution < 1.29 is 9.18 Å². The number of carbonyl (C=O) groups excluding carboxylic acids is 1. The number of rotatable bonds is 3. The Bertz CT molecular complexity index is 617. The van der Waals surface area contributed by atoms with Gasteiger partial charge in [0.05, 0.1) is 0 Å². The van der Waals surface area contributed by atoms with E-state index in [1.807, 2.05) is 31.2 Å². The van der Waals surface area contributed by atoms with Crippen LogP contribution in [0, 0.1) is 19.7 Å². The monoisotopic (exact) mass is 274 g/mol. The fourth-order valence-electron chi connectivity index (χ4n) is 1.75. The van der Waals surface area contributed by atoms with Gasteiger partial charge >= 0.3 is 0 Å². The molecule has 0 atom stereocenters. The predicted molar refractivity (Wildman–Crippen MR) is 76.4 cm³/mol. The van der Waals surface area contributed by atoms with E-state index in [0.717, 1.165) is 9.79 Å². The molecule has 0 amide bonds. The van der Waals surface area contributed by atoms with Gasteiger partial charge in [-0.3, -0.25) is 4.79 Å². The SMILES string of the molecule is CC(=O)c1cc(F)c(C)cc1Sc1ccc(C)cc1. The summed E-state index contributed by atoms with van der Waals surface area (Å²) in [6.45, 7) is 5.19. The lowest BCUT2D eigenvalue weighted by molar-refractivity contribution is 0.101. The standard InChI is InChI=1S/C16H15FOS/c1-10-4-6-13(7-5-10)19-16-8-11(2)15(17)9-14(16)12(3)18/h4-9H,1-3H3. The summed E-state index contributed by atoms with van der Waals surface area (Å²) in [7, 11) is 0. The number of Topliss-reactive ketones (excluding diaryl/α,β-unsaturated/α-hetero) is 1. The highest BCUT2D eigenvalue weighted by molar-refractivity contribution is 7.99. The van der Waals surface area contributed by atoms with Gasteiger partial charge in [-0.1, -0.05) is 29.5 Å². The molecule has 0 spiro atoms. The molecule has 2 aromatic carbocycles. The number of hydrogen-bond acceptors (Lipinski definition) is 2. The Morgan fingerprint density at radius 1 is 1.11 bits per heavy atom. The van der Waals surface area contributed by atoms with Crippen molar-refractivity contribution in [3.63, 3.8) is 0 Å². The van der Waals surface area contributed by atoms with Crippen molar-refractivity contribution in [3.8, 4) is 0 Å². The van der Waals surface area contributed by atoms with E-state index in [9.17, 15) is 9.18 Å². The predicted octanol–water partition coefficient (Wildman–Crippen LogP) is 4.80. The zero-order valence-corrected chi connectivity index (χ0v) is 12.0. The first kappa shape index (κ1) is 13.8. The number of benzene rings is 2. The van der Waals surface area contributed by atoms with Crippen LogP contribution in [-0.4, -0.2) is 5.78 Å². The molecule has 19 heavy (non-hydrogen) atoms. The fourth-order valence-corrected chi connectivity index (χ4v) is 2.82. The van der Waals surface area contributed by atoms with E-state index in [1.54, 1.807) is 13.0 Å². The van der Waals surface area contributed by atoms with Gasteiger partial charge < -0.3 is 0 Å². The van der Waals surface area contributed by atoms with Gasteiger partial charge in [0, 0.05) is 15.4 Å². The van der Waals surface area contributed by atoms with E-state index in [1.165, 1.54) is 30.3 Å². The van der Waals surface area contributed by atoms with Gasteiger partial charge in [-0.2, -0.15) is 0 Å². The van der Waals surface area contributed by atoms with Gasteiger partial charge in [0.1, 0.15) is 5.82 Å². The Morgan fingerprint density at radius 3 is 2.32 bits per heavy atom. The minimum absolute atomic E-state index is 0.117. The lowest BCUT2D eigenvalue weighted by Gasteiger charge is -2.09. The van der Waals surface area contributed by atoms with Crippen molar-refractivity contribution in [3.05, 3.63) is 58.9 Å². The first-order chi connectivity index (χ1) is 8.97. The highest BCUT2D eigenvalue weighted by Crippen LogP contribution is 2.32. The molecule has 0 aromatic heterocycles. The molecule has 0 heterocycles. The highest BCUT2D eigenvalue weighted by Gasteiger charge is 2.12. The molecule has 0 aliphatic carbocycles. The van der Waals surface area contributed by atoms with Crippen LogP contribution in [0.3, 0.4) is 0 Å². The van der Waals surface area contributed by atoms with Gasteiger partial charge in [0.15, 0.2) is 5.78 Å². The molecule has 0 saturated carbocycles. The summed E-state index contributed by atoms with van der Waals surface area (Å²) >= 11 is 1.49. The summed E-state index contributed by atoms with van der Waals surface area (Å²) < 4.78 is 13.5. The number of ketones is 1. The summed E-state index contributed by atoms with van der Waals surface area (Å²) in [6.07, 6.45) is 0. The summed E-state index contributed by atoms with van der Waals surface area (Å²) in [4.78, 5) is 13.4.